The van der Waals surface area contributed by atoms with Crippen molar-refractivity contribution in [2.45, 2.75) is 38.5 Å². The first-order valence-corrected chi connectivity index (χ1v) is 7.31. The second-order valence-electron chi connectivity index (χ2n) is 5.82. The van der Waals surface area contributed by atoms with Crippen LogP contribution in [0.4, 0.5) is 13.2 Å². The predicted octanol–water partition coefficient (Wildman–Crippen LogP) is 3.08. The van der Waals surface area contributed by atoms with Crippen LogP contribution < -0.4 is 10.7 Å². The molecule has 6 heteroatoms. The molecule has 1 saturated heterocycles. The predicted molar refractivity (Wildman–Crippen MR) is 79.0 cm³/mol. The van der Waals surface area contributed by atoms with E-state index in [0.29, 0.717) is 10.9 Å². The fraction of sp³-hybridized carbons (Fsp3) is 0.438. The number of pyridine rings is 1. The molecule has 0 bridgehead atoms. The monoisotopic (exact) mass is 310 g/mol. The number of benzene rings is 1. The van der Waals surface area contributed by atoms with Crippen molar-refractivity contribution in [2.24, 2.45) is 0 Å². The van der Waals surface area contributed by atoms with Crippen LogP contribution in [0.5, 0.6) is 0 Å². The molecule has 0 spiro atoms. The van der Waals surface area contributed by atoms with Crippen molar-refractivity contribution >= 4 is 10.9 Å². The summed E-state index contributed by atoms with van der Waals surface area (Å²) < 4.78 is 41.2. The molecule has 2 aromatic rings. The fourth-order valence-electron chi connectivity index (χ4n) is 3.06. The second-order valence-corrected chi connectivity index (χ2v) is 5.82. The molecule has 1 fully saturated rings. The van der Waals surface area contributed by atoms with Crippen LogP contribution in [0.15, 0.2) is 29.1 Å². The van der Waals surface area contributed by atoms with Crippen LogP contribution in [0.3, 0.4) is 0 Å². The zero-order valence-corrected chi connectivity index (χ0v) is 12.2. The zero-order chi connectivity index (χ0) is 15.9. The van der Waals surface area contributed by atoms with Crippen LogP contribution in [-0.2, 0) is 12.7 Å². The van der Waals surface area contributed by atoms with E-state index in [1.54, 1.807) is 18.2 Å². The normalized spacial score (nSPS) is 19.0. The highest BCUT2D eigenvalue weighted by Crippen LogP contribution is 2.31. The van der Waals surface area contributed by atoms with Gasteiger partial charge in [0.1, 0.15) is 5.69 Å². The maximum absolute atomic E-state index is 13.3. The molecule has 3 nitrogen and oxygen atoms in total. The molecule has 1 aromatic carbocycles. The van der Waals surface area contributed by atoms with E-state index in [2.05, 4.69) is 5.32 Å². The SMILES string of the molecule is Cc1ccc2c(c1)c(=O)cc(C(F)(F)F)n2C[C@@H]1CCCN1. The molecule has 22 heavy (non-hydrogen) atoms. The molecular formula is C16H17F3N2O. The summed E-state index contributed by atoms with van der Waals surface area (Å²) in [4.78, 5) is 12.1. The summed E-state index contributed by atoms with van der Waals surface area (Å²) in [5, 5.41) is 3.55. The highest BCUT2D eigenvalue weighted by Gasteiger charge is 2.35. The van der Waals surface area contributed by atoms with Crippen molar-refractivity contribution in [2.75, 3.05) is 6.54 Å². The maximum atomic E-state index is 13.3. The van der Waals surface area contributed by atoms with Gasteiger partial charge in [0.05, 0.1) is 5.52 Å². The molecule has 0 radical (unpaired) electrons. The molecule has 3 rings (SSSR count). The summed E-state index contributed by atoms with van der Waals surface area (Å²) in [7, 11) is 0. The fourth-order valence-corrected chi connectivity index (χ4v) is 3.06. The topological polar surface area (TPSA) is 34.0 Å². The molecule has 0 amide bonds. The number of fused-ring (bicyclic) bond motifs is 1. The van der Waals surface area contributed by atoms with Gasteiger partial charge in [0.25, 0.3) is 0 Å². The number of halogens is 3. The van der Waals surface area contributed by atoms with Crippen LogP contribution in [-0.4, -0.2) is 17.2 Å². The van der Waals surface area contributed by atoms with Gasteiger partial charge in [-0.05, 0) is 38.4 Å². The van der Waals surface area contributed by atoms with Crippen LogP contribution in [0.25, 0.3) is 10.9 Å². The lowest BCUT2D eigenvalue weighted by Crippen LogP contribution is -2.31. The molecule has 0 saturated carbocycles. The number of rotatable bonds is 2. The van der Waals surface area contributed by atoms with E-state index in [9.17, 15) is 18.0 Å². The number of alkyl halides is 3. The van der Waals surface area contributed by atoms with Crippen molar-refractivity contribution in [1.82, 2.24) is 9.88 Å². The Morgan fingerprint density at radius 2 is 2.09 bits per heavy atom. The summed E-state index contributed by atoms with van der Waals surface area (Å²) in [5.41, 5.74) is -0.252. The van der Waals surface area contributed by atoms with Gasteiger partial charge in [-0.1, -0.05) is 11.6 Å². The summed E-state index contributed by atoms with van der Waals surface area (Å²) in [6, 6.07) is 5.72. The van der Waals surface area contributed by atoms with Crippen molar-refractivity contribution < 1.29 is 13.2 Å². The molecule has 0 aliphatic carbocycles. The van der Waals surface area contributed by atoms with E-state index in [1.165, 1.54) is 4.57 Å². The Kier molecular flexibility index (Phi) is 3.72. The van der Waals surface area contributed by atoms with E-state index in [4.69, 9.17) is 0 Å². The average molecular weight is 310 g/mol. The van der Waals surface area contributed by atoms with E-state index in [0.717, 1.165) is 31.0 Å². The molecule has 1 N–H and O–H groups in total. The average Bonchev–Trinajstić information content (AvgIpc) is 2.93. The van der Waals surface area contributed by atoms with Gasteiger partial charge in [0.15, 0.2) is 5.43 Å². The van der Waals surface area contributed by atoms with Gasteiger partial charge in [0, 0.05) is 24.0 Å². The Bertz CT molecular complexity index is 758. The van der Waals surface area contributed by atoms with Crippen molar-refractivity contribution in [1.29, 1.82) is 0 Å². The van der Waals surface area contributed by atoms with Crippen molar-refractivity contribution in [3.63, 3.8) is 0 Å². The summed E-state index contributed by atoms with van der Waals surface area (Å²) in [5.74, 6) is 0. The van der Waals surface area contributed by atoms with Gasteiger partial charge in [0.2, 0.25) is 0 Å². The third-order valence-corrected chi connectivity index (χ3v) is 4.12. The molecule has 1 aliphatic heterocycles. The Morgan fingerprint density at radius 1 is 1.32 bits per heavy atom. The van der Waals surface area contributed by atoms with Gasteiger partial charge in [-0.3, -0.25) is 4.79 Å². The molecule has 1 atom stereocenters. The molecule has 1 aliphatic rings. The first-order valence-electron chi connectivity index (χ1n) is 7.31. The van der Waals surface area contributed by atoms with Crippen LogP contribution in [0.1, 0.15) is 24.1 Å². The van der Waals surface area contributed by atoms with E-state index in [-0.39, 0.29) is 12.6 Å². The lowest BCUT2D eigenvalue weighted by atomic mass is 10.1. The number of hydrogen-bond acceptors (Lipinski definition) is 2. The smallest absolute Gasteiger partial charge is 0.335 e. The number of hydrogen-bond donors (Lipinski definition) is 1. The first kappa shape index (κ1) is 15.1. The van der Waals surface area contributed by atoms with E-state index in [1.807, 2.05) is 6.92 Å². The van der Waals surface area contributed by atoms with Gasteiger partial charge < -0.3 is 9.88 Å². The minimum Gasteiger partial charge on any atom is -0.335 e. The van der Waals surface area contributed by atoms with Crippen molar-refractivity contribution in [3.05, 3.63) is 45.7 Å². The third-order valence-electron chi connectivity index (χ3n) is 4.12. The Hall–Kier alpha value is -1.82. The molecule has 118 valence electrons. The molecule has 1 aromatic heterocycles. The second kappa shape index (κ2) is 5.43. The number of nitrogens with one attached hydrogen (secondary N) is 1. The quantitative estimate of drug-likeness (QED) is 0.925. The largest absolute Gasteiger partial charge is 0.431 e. The lowest BCUT2D eigenvalue weighted by Gasteiger charge is -2.21. The Labute approximate surface area is 125 Å². The van der Waals surface area contributed by atoms with Crippen molar-refractivity contribution in [3.8, 4) is 0 Å². The van der Waals surface area contributed by atoms with Gasteiger partial charge in [-0.2, -0.15) is 13.2 Å². The van der Waals surface area contributed by atoms with Gasteiger partial charge in [-0.25, -0.2) is 0 Å². The van der Waals surface area contributed by atoms with E-state index >= 15 is 0 Å². The minimum atomic E-state index is -4.54. The highest BCUT2D eigenvalue weighted by molar-refractivity contribution is 5.80. The number of aromatic nitrogens is 1. The third kappa shape index (κ3) is 2.75. The highest BCUT2D eigenvalue weighted by atomic mass is 19.4. The lowest BCUT2D eigenvalue weighted by molar-refractivity contribution is -0.143. The summed E-state index contributed by atoms with van der Waals surface area (Å²) in [6.07, 6.45) is -2.74. The molecule has 0 unspecified atom stereocenters. The zero-order valence-electron chi connectivity index (χ0n) is 12.2. The maximum Gasteiger partial charge on any atom is 0.431 e. The van der Waals surface area contributed by atoms with Crippen LogP contribution >= 0.6 is 0 Å². The Morgan fingerprint density at radius 3 is 2.73 bits per heavy atom. The summed E-state index contributed by atoms with van der Waals surface area (Å²) >= 11 is 0. The number of aryl methyl sites for hydroxylation is 1. The minimum absolute atomic E-state index is 0.00750. The molecular weight excluding hydrogens is 293 g/mol. The van der Waals surface area contributed by atoms with Crippen LogP contribution in [0, 0.1) is 6.92 Å². The van der Waals surface area contributed by atoms with Crippen LogP contribution in [0.2, 0.25) is 0 Å². The number of nitrogens with zero attached hydrogens (tertiary/aromatic N) is 1. The van der Waals surface area contributed by atoms with E-state index < -0.39 is 17.3 Å². The Balaban J connectivity index is 2.23. The van der Waals surface area contributed by atoms with Gasteiger partial charge in [-0.15, -0.1) is 0 Å². The summed E-state index contributed by atoms with van der Waals surface area (Å²) in [6.45, 7) is 2.86. The first-order chi connectivity index (χ1) is 10.4. The molecule has 2 heterocycles. The van der Waals surface area contributed by atoms with Gasteiger partial charge >= 0.3 is 6.18 Å². The standard InChI is InChI=1S/C16H17F3N2O/c1-10-4-5-13-12(7-10)14(22)8-15(16(17,18)19)21(13)9-11-3-2-6-20-11/h4-5,7-8,11,20H,2-3,6,9H2,1H3/t11-/m0/s1.